The number of fused-ring (bicyclic) bond motifs is 1. The number of carbonyl (C=O) groups is 3. The Morgan fingerprint density at radius 3 is 2.39 bits per heavy atom. The first-order valence-electron chi connectivity index (χ1n) is 10.2. The molecule has 2 amide bonds. The number of ether oxygens (including phenoxy) is 2. The Balaban J connectivity index is 1.70. The van der Waals surface area contributed by atoms with E-state index in [0.29, 0.717) is 34.9 Å². The van der Waals surface area contributed by atoms with Crippen LogP contribution in [-0.2, 0) is 22.6 Å². The van der Waals surface area contributed by atoms with Gasteiger partial charge in [-0.25, -0.2) is 9.48 Å². The summed E-state index contributed by atoms with van der Waals surface area (Å²) < 4.78 is 12.0. The topological polar surface area (TPSA) is 94.0 Å². The summed E-state index contributed by atoms with van der Waals surface area (Å²) in [6.45, 7) is 5.81. The summed E-state index contributed by atoms with van der Waals surface area (Å²) in [5.74, 6) is 0.841. The van der Waals surface area contributed by atoms with Crippen LogP contribution in [0.1, 0.15) is 49.7 Å². The van der Waals surface area contributed by atoms with Crippen LogP contribution in [0, 0.1) is 5.92 Å². The number of carbonyl (C=O) groups excluding carboxylic acids is 3. The van der Waals surface area contributed by atoms with Gasteiger partial charge in [-0.3, -0.25) is 19.4 Å². The van der Waals surface area contributed by atoms with Crippen molar-refractivity contribution in [2.24, 2.45) is 5.92 Å². The highest BCUT2D eigenvalue weighted by atomic mass is 16.6. The van der Waals surface area contributed by atoms with Crippen molar-refractivity contribution in [3.8, 4) is 5.75 Å². The number of benzene rings is 1. The third kappa shape index (κ3) is 4.12. The molecule has 0 bridgehead atoms. The Kier molecular flexibility index (Phi) is 5.20. The zero-order chi connectivity index (χ0) is 22.3. The summed E-state index contributed by atoms with van der Waals surface area (Å²) in [6, 6.07) is 6.96. The van der Waals surface area contributed by atoms with E-state index < -0.39 is 11.7 Å². The Morgan fingerprint density at radius 1 is 1.16 bits per heavy atom. The molecule has 0 spiro atoms. The molecule has 0 saturated heterocycles. The van der Waals surface area contributed by atoms with Crippen LogP contribution in [0.25, 0.3) is 0 Å². The smallest absolute Gasteiger partial charge is 0.410 e. The minimum atomic E-state index is -0.636. The predicted molar refractivity (Wildman–Crippen MR) is 112 cm³/mol. The van der Waals surface area contributed by atoms with Crippen molar-refractivity contribution >= 4 is 29.9 Å². The zero-order valence-corrected chi connectivity index (χ0v) is 18.1. The van der Waals surface area contributed by atoms with E-state index in [9.17, 15) is 14.4 Å². The normalized spacial score (nSPS) is 15.4. The molecule has 0 N–H and O–H groups in total. The third-order valence-electron chi connectivity index (χ3n) is 5.23. The fourth-order valence-corrected chi connectivity index (χ4v) is 3.53. The van der Waals surface area contributed by atoms with Crippen LogP contribution in [0.2, 0.25) is 0 Å². The van der Waals surface area contributed by atoms with Gasteiger partial charge in [-0.2, -0.15) is 0 Å². The van der Waals surface area contributed by atoms with Crippen molar-refractivity contribution in [1.82, 2.24) is 14.7 Å². The second kappa shape index (κ2) is 7.72. The molecule has 0 atom stereocenters. The van der Waals surface area contributed by atoms with Crippen molar-refractivity contribution in [2.75, 3.05) is 12.0 Å². The van der Waals surface area contributed by atoms with Gasteiger partial charge >= 0.3 is 6.09 Å². The summed E-state index contributed by atoms with van der Waals surface area (Å²) in [5.41, 5.74) is 1.24. The van der Waals surface area contributed by atoms with Crippen molar-refractivity contribution in [1.29, 1.82) is 0 Å². The molecule has 2 heterocycles. The number of hydrogen-bond donors (Lipinski definition) is 0. The first-order chi connectivity index (χ1) is 14.7. The molecule has 164 valence electrons. The summed E-state index contributed by atoms with van der Waals surface area (Å²) in [6.07, 6.45) is 1.84. The Labute approximate surface area is 180 Å². The number of amides is 2. The highest BCUT2D eigenvalue weighted by Crippen LogP contribution is 2.38. The largest absolute Gasteiger partial charge is 0.497 e. The quantitative estimate of drug-likeness (QED) is 0.680. The zero-order valence-electron chi connectivity index (χ0n) is 18.1. The average molecular weight is 426 g/mol. The van der Waals surface area contributed by atoms with Crippen LogP contribution in [0.5, 0.6) is 5.75 Å². The summed E-state index contributed by atoms with van der Waals surface area (Å²) in [4.78, 5) is 40.4. The Bertz CT molecular complexity index is 1020. The first kappa shape index (κ1) is 20.9. The van der Waals surface area contributed by atoms with Crippen LogP contribution in [-0.4, -0.2) is 45.8 Å². The molecule has 1 aromatic heterocycles. The second-order valence-corrected chi connectivity index (χ2v) is 8.78. The van der Waals surface area contributed by atoms with Gasteiger partial charge in [0.15, 0.2) is 5.82 Å². The molecule has 9 nitrogen and oxygen atoms in total. The van der Waals surface area contributed by atoms with Gasteiger partial charge in [-0.1, -0.05) is 0 Å². The molecule has 1 aromatic carbocycles. The van der Waals surface area contributed by atoms with Crippen LogP contribution < -0.4 is 9.64 Å². The first-order valence-corrected chi connectivity index (χ1v) is 10.2. The molecular formula is C22H26N4O5. The monoisotopic (exact) mass is 426 g/mol. The molecule has 0 radical (unpaired) electrons. The van der Waals surface area contributed by atoms with E-state index in [-0.39, 0.29) is 24.9 Å². The lowest BCUT2D eigenvalue weighted by atomic mass is 10.2. The minimum Gasteiger partial charge on any atom is -0.497 e. The maximum atomic E-state index is 12.9. The van der Waals surface area contributed by atoms with E-state index in [1.165, 1.54) is 14.5 Å². The van der Waals surface area contributed by atoms with E-state index >= 15 is 0 Å². The lowest BCUT2D eigenvalue weighted by Gasteiger charge is -2.24. The molecule has 2 aromatic rings. The number of rotatable bonds is 5. The minimum absolute atomic E-state index is 0.0573. The average Bonchev–Trinajstić information content (AvgIpc) is 3.39. The van der Waals surface area contributed by atoms with Crippen LogP contribution >= 0.6 is 0 Å². The van der Waals surface area contributed by atoms with Crippen molar-refractivity contribution in [3.63, 3.8) is 0 Å². The van der Waals surface area contributed by atoms with Gasteiger partial charge < -0.3 is 9.47 Å². The molecule has 2 aliphatic rings. The van der Waals surface area contributed by atoms with Crippen molar-refractivity contribution < 1.29 is 23.9 Å². The van der Waals surface area contributed by atoms with Gasteiger partial charge in [0.25, 0.3) is 0 Å². The molecule has 9 heteroatoms. The summed E-state index contributed by atoms with van der Waals surface area (Å²) in [7, 11) is 1.57. The molecule has 1 aliphatic carbocycles. The van der Waals surface area contributed by atoms with E-state index in [0.717, 1.165) is 12.8 Å². The highest BCUT2D eigenvalue weighted by molar-refractivity contribution is 5.90. The number of aromatic nitrogens is 2. The van der Waals surface area contributed by atoms with Gasteiger partial charge in [-0.15, -0.1) is 5.10 Å². The summed E-state index contributed by atoms with van der Waals surface area (Å²) in [5, 5.41) is 4.50. The maximum absolute atomic E-state index is 12.9. The van der Waals surface area contributed by atoms with E-state index in [1.54, 1.807) is 52.1 Å². The molecule has 1 fully saturated rings. The second-order valence-electron chi connectivity index (χ2n) is 8.78. The number of methoxy groups -OCH3 is 1. The molecule has 31 heavy (non-hydrogen) atoms. The van der Waals surface area contributed by atoms with Gasteiger partial charge in [-0.05, 0) is 57.9 Å². The molecule has 1 aliphatic heterocycles. The van der Waals surface area contributed by atoms with Crippen LogP contribution in [0.3, 0.4) is 0 Å². The van der Waals surface area contributed by atoms with E-state index in [4.69, 9.17) is 9.47 Å². The lowest BCUT2D eigenvalue weighted by Crippen LogP contribution is -2.34. The summed E-state index contributed by atoms with van der Waals surface area (Å²) >= 11 is 0. The van der Waals surface area contributed by atoms with Gasteiger partial charge in [0, 0.05) is 11.5 Å². The molecular weight excluding hydrogens is 400 g/mol. The van der Waals surface area contributed by atoms with E-state index in [1.807, 2.05) is 0 Å². The molecule has 0 unspecified atom stereocenters. The number of hydrogen-bond acceptors (Lipinski definition) is 6. The standard InChI is InChI=1S/C22H26N4O5/c1-22(2,3)31-21(29)24-11-17-18(12-24)26(20(28)14-5-6-14)23-19(17)25(13-27)15-7-9-16(30-4)10-8-15/h7-10,13-14H,5-6,11-12H2,1-4H3. The number of anilines is 2. The maximum Gasteiger partial charge on any atom is 0.410 e. The fourth-order valence-electron chi connectivity index (χ4n) is 3.53. The van der Waals surface area contributed by atoms with Crippen molar-refractivity contribution in [2.45, 2.75) is 52.3 Å². The van der Waals surface area contributed by atoms with E-state index in [2.05, 4.69) is 5.10 Å². The molecule has 1 saturated carbocycles. The predicted octanol–water partition coefficient (Wildman–Crippen LogP) is 3.49. The highest BCUT2D eigenvalue weighted by Gasteiger charge is 2.39. The van der Waals surface area contributed by atoms with Crippen molar-refractivity contribution in [3.05, 3.63) is 35.5 Å². The lowest BCUT2D eigenvalue weighted by molar-refractivity contribution is -0.106. The Morgan fingerprint density at radius 2 is 1.84 bits per heavy atom. The third-order valence-corrected chi connectivity index (χ3v) is 5.23. The number of nitrogens with zero attached hydrogens (tertiary/aromatic N) is 4. The van der Waals surface area contributed by atoms with Crippen LogP contribution in [0.15, 0.2) is 24.3 Å². The fraction of sp³-hybridized carbons (Fsp3) is 0.455. The molecule has 4 rings (SSSR count). The van der Waals surface area contributed by atoms with Crippen LogP contribution in [0.4, 0.5) is 16.3 Å². The van der Waals surface area contributed by atoms with Gasteiger partial charge in [0.2, 0.25) is 12.3 Å². The SMILES string of the molecule is COc1ccc(N(C=O)c2nn(C(=O)C3CC3)c3c2CN(C(=O)OC(C)(C)C)C3)cc1. The van der Waals surface area contributed by atoms with Gasteiger partial charge in [0.1, 0.15) is 11.4 Å². The van der Waals surface area contributed by atoms with Gasteiger partial charge in [0.05, 0.1) is 31.6 Å². The Hall–Kier alpha value is -3.36.